The van der Waals surface area contributed by atoms with E-state index in [1.807, 2.05) is 30.0 Å². The van der Waals surface area contributed by atoms with Crippen molar-refractivity contribution in [3.63, 3.8) is 0 Å². The summed E-state index contributed by atoms with van der Waals surface area (Å²) < 4.78 is 11.9. The lowest BCUT2D eigenvalue weighted by Crippen LogP contribution is -2.55. The number of benzene rings is 1. The van der Waals surface area contributed by atoms with E-state index in [0.29, 0.717) is 50.3 Å². The van der Waals surface area contributed by atoms with Crippen molar-refractivity contribution in [1.82, 2.24) is 19.4 Å². The summed E-state index contributed by atoms with van der Waals surface area (Å²) in [5, 5.41) is 0.600. The normalized spacial score (nSPS) is 17.6. The summed E-state index contributed by atoms with van der Waals surface area (Å²) in [5.74, 6) is 0.358. The van der Waals surface area contributed by atoms with Crippen LogP contribution in [0.3, 0.4) is 0 Å². The van der Waals surface area contributed by atoms with E-state index in [9.17, 15) is 14.4 Å². The Morgan fingerprint density at radius 3 is 2.62 bits per heavy atom. The molecule has 2 unspecified atom stereocenters. The lowest BCUT2D eigenvalue weighted by Gasteiger charge is -2.43. The number of esters is 1. The largest absolute Gasteiger partial charge is 0.466 e. The van der Waals surface area contributed by atoms with Gasteiger partial charge in [-0.15, -0.1) is 0 Å². The molecule has 3 rings (SSSR count). The second-order valence-electron chi connectivity index (χ2n) is 8.60. The van der Waals surface area contributed by atoms with Crippen molar-refractivity contribution in [3.05, 3.63) is 40.4 Å². The smallest absolute Gasteiger partial charge is 0.306 e. The van der Waals surface area contributed by atoms with Crippen LogP contribution < -0.4 is 5.56 Å². The fraction of sp³-hybridized carbons (Fsp3) is 0.600. The predicted octanol–water partition coefficient (Wildman–Crippen LogP) is 2.37. The average Bonchev–Trinajstić information content (AvgIpc) is 2.83. The summed E-state index contributed by atoms with van der Waals surface area (Å²) in [5.41, 5.74) is 0.632. The number of carbonyl (C=O) groups is 2. The second-order valence-corrected chi connectivity index (χ2v) is 8.60. The Balaban J connectivity index is 1.80. The van der Waals surface area contributed by atoms with E-state index in [2.05, 4.69) is 11.8 Å². The number of ether oxygens (including phenoxy) is 2. The van der Waals surface area contributed by atoms with Gasteiger partial charge in [-0.05, 0) is 32.4 Å². The molecule has 1 fully saturated rings. The molecule has 0 saturated carbocycles. The number of rotatable bonds is 10. The molecule has 0 radical (unpaired) electrons. The lowest BCUT2D eigenvalue weighted by atomic mass is 10.1. The van der Waals surface area contributed by atoms with Crippen molar-refractivity contribution in [2.45, 2.75) is 58.7 Å². The minimum Gasteiger partial charge on any atom is -0.466 e. The van der Waals surface area contributed by atoms with E-state index >= 15 is 0 Å². The summed E-state index contributed by atoms with van der Waals surface area (Å²) in [7, 11) is 1.62. The van der Waals surface area contributed by atoms with Crippen molar-refractivity contribution in [3.8, 4) is 0 Å². The van der Waals surface area contributed by atoms with E-state index in [-0.39, 0.29) is 42.4 Å². The molecule has 2 heterocycles. The first-order chi connectivity index (χ1) is 16.4. The number of amides is 1. The topological polar surface area (TPSA) is 94.0 Å². The van der Waals surface area contributed by atoms with Gasteiger partial charge < -0.3 is 14.4 Å². The third-order valence-corrected chi connectivity index (χ3v) is 6.36. The van der Waals surface area contributed by atoms with Crippen LogP contribution in [0.1, 0.15) is 51.9 Å². The van der Waals surface area contributed by atoms with Crippen molar-refractivity contribution in [1.29, 1.82) is 0 Å². The number of nitrogens with zero attached hydrogens (tertiary/aromatic N) is 4. The first-order valence-electron chi connectivity index (χ1n) is 12.1. The zero-order valence-corrected chi connectivity index (χ0v) is 20.7. The lowest BCUT2D eigenvalue weighted by molar-refractivity contribution is -0.146. The molecule has 1 amide bonds. The van der Waals surface area contributed by atoms with Gasteiger partial charge in [0.1, 0.15) is 5.82 Å². The van der Waals surface area contributed by atoms with Crippen LogP contribution >= 0.6 is 0 Å². The van der Waals surface area contributed by atoms with E-state index < -0.39 is 0 Å². The van der Waals surface area contributed by atoms with Crippen LogP contribution in [0, 0.1) is 0 Å². The number of para-hydroxylation sites is 1. The van der Waals surface area contributed by atoms with Gasteiger partial charge in [0, 0.05) is 39.2 Å². The second kappa shape index (κ2) is 12.1. The Labute approximate surface area is 200 Å². The van der Waals surface area contributed by atoms with Gasteiger partial charge >= 0.3 is 5.97 Å². The van der Waals surface area contributed by atoms with Crippen molar-refractivity contribution >= 4 is 22.8 Å². The summed E-state index contributed by atoms with van der Waals surface area (Å²) in [4.78, 5) is 46.7. The van der Waals surface area contributed by atoms with Gasteiger partial charge in [0.05, 0.1) is 43.1 Å². The Bertz CT molecular complexity index is 1050. The average molecular weight is 473 g/mol. The van der Waals surface area contributed by atoms with Crippen molar-refractivity contribution < 1.29 is 19.1 Å². The fourth-order valence-corrected chi connectivity index (χ4v) is 4.67. The third-order valence-electron chi connectivity index (χ3n) is 6.36. The van der Waals surface area contributed by atoms with Crippen LogP contribution in [0.15, 0.2) is 29.1 Å². The van der Waals surface area contributed by atoms with E-state index in [0.717, 1.165) is 12.2 Å². The number of methoxy groups -OCH3 is 1. The number of hydrogen-bond acceptors (Lipinski definition) is 7. The van der Waals surface area contributed by atoms with Gasteiger partial charge in [0.15, 0.2) is 0 Å². The molecule has 34 heavy (non-hydrogen) atoms. The molecular formula is C25H36N4O5. The maximum Gasteiger partial charge on any atom is 0.306 e. The van der Waals surface area contributed by atoms with E-state index in [1.54, 1.807) is 24.7 Å². The molecule has 2 atom stereocenters. The van der Waals surface area contributed by atoms with Crippen LogP contribution in [-0.2, 0) is 25.6 Å². The molecule has 1 aromatic carbocycles. The molecule has 1 aromatic heterocycles. The Morgan fingerprint density at radius 2 is 1.94 bits per heavy atom. The summed E-state index contributed by atoms with van der Waals surface area (Å²) >= 11 is 0. The fourth-order valence-electron chi connectivity index (χ4n) is 4.67. The number of piperazine rings is 1. The molecule has 9 nitrogen and oxygen atoms in total. The zero-order chi connectivity index (χ0) is 24.7. The minimum atomic E-state index is -0.343. The molecule has 0 aliphatic carbocycles. The van der Waals surface area contributed by atoms with Gasteiger partial charge in [-0.1, -0.05) is 19.1 Å². The van der Waals surface area contributed by atoms with Crippen molar-refractivity contribution in [2.75, 3.05) is 40.0 Å². The monoisotopic (exact) mass is 472 g/mol. The molecule has 2 aromatic rings. The van der Waals surface area contributed by atoms with E-state index in [4.69, 9.17) is 14.5 Å². The Kier molecular flexibility index (Phi) is 9.18. The van der Waals surface area contributed by atoms with Gasteiger partial charge in [-0.3, -0.25) is 23.9 Å². The molecule has 0 spiro atoms. The highest BCUT2D eigenvalue weighted by Crippen LogP contribution is 2.27. The van der Waals surface area contributed by atoms with Gasteiger partial charge in [0.25, 0.3) is 5.56 Å². The summed E-state index contributed by atoms with van der Waals surface area (Å²) in [6.07, 6.45) is 1.04. The highest BCUT2D eigenvalue weighted by Gasteiger charge is 2.33. The molecule has 1 aliphatic rings. The zero-order valence-electron chi connectivity index (χ0n) is 20.7. The van der Waals surface area contributed by atoms with Crippen LogP contribution in [-0.4, -0.2) is 77.2 Å². The Morgan fingerprint density at radius 1 is 1.18 bits per heavy atom. The Hall–Kier alpha value is -2.78. The molecule has 0 bridgehead atoms. The molecule has 186 valence electrons. The first kappa shape index (κ1) is 25.8. The quantitative estimate of drug-likeness (QED) is 0.490. The summed E-state index contributed by atoms with van der Waals surface area (Å²) in [6, 6.07) is 7.34. The maximum atomic E-state index is 13.3. The maximum absolute atomic E-state index is 13.3. The standard InChI is InChI=1S/C25H36N4O5/c1-5-21(24-26-20-10-8-7-9-19(20)25(32)29(24)15-16-33-4)27-13-14-28(18(3)17-27)22(30)11-12-23(31)34-6-2/h7-10,18,21H,5-6,11-17H2,1-4H3. The van der Waals surface area contributed by atoms with Crippen LogP contribution in [0.25, 0.3) is 10.9 Å². The molecule has 1 aliphatic heterocycles. The molecule has 9 heteroatoms. The van der Waals surface area contributed by atoms with Crippen LogP contribution in [0.5, 0.6) is 0 Å². The number of aromatic nitrogens is 2. The van der Waals surface area contributed by atoms with Crippen molar-refractivity contribution in [2.24, 2.45) is 0 Å². The first-order valence-corrected chi connectivity index (χ1v) is 12.1. The third kappa shape index (κ3) is 5.82. The van der Waals surface area contributed by atoms with Crippen LogP contribution in [0.2, 0.25) is 0 Å². The highest BCUT2D eigenvalue weighted by atomic mass is 16.5. The summed E-state index contributed by atoms with van der Waals surface area (Å²) in [6.45, 7) is 8.93. The molecular weight excluding hydrogens is 436 g/mol. The number of hydrogen-bond donors (Lipinski definition) is 0. The van der Waals surface area contributed by atoms with Crippen LogP contribution in [0.4, 0.5) is 0 Å². The minimum absolute atomic E-state index is 0.0166. The molecule has 1 saturated heterocycles. The highest BCUT2D eigenvalue weighted by molar-refractivity contribution is 5.81. The SMILES string of the molecule is CCOC(=O)CCC(=O)N1CCN(C(CC)c2nc3ccccc3c(=O)n2CCOC)CC1C. The molecule has 0 N–H and O–H groups in total. The number of fused-ring (bicyclic) bond motifs is 1. The van der Waals surface area contributed by atoms with E-state index in [1.165, 1.54) is 0 Å². The van der Waals surface area contributed by atoms with Gasteiger partial charge in [0.2, 0.25) is 5.91 Å². The predicted molar refractivity (Wildman–Crippen MR) is 130 cm³/mol. The van der Waals surface area contributed by atoms with Gasteiger partial charge in [-0.2, -0.15) is 0 Å². The number of carbonyl (C=O) groups excluding carboxylic acids is 2. The van der Waals surface area contributed by atoms with Gasteiger partial charge in [-0.25, -0.2) is 4.98 Å².